The van der Waals surface area contributed by atoms with Crippen molar-refractivity contribution in [1.82, 2.24) is 15.3 Å². The van der Waals surface area contributed by atoms with E-state index in [-0.39, 0.29) is 5.91 Å². The fourth-order valence-corrected chi connectivity index (χ4v) is 3.16. The number of aryl methyl sites for hydroxylation is 2. The lowest BCUT2D eigenvalue weighted by molar-refractivity contribution is 0.0945. The number of pyridine rings is 1. The Morgan fingerprint density at radius 1 is 1.16 bits per heavy atom. The molecule has 0 aliphatic carbocycles. The van der Waals surface area contributed by atoms with Gasteiger partial charge in [0.2, 0.25) is 0 Å². The van der Waals surface area contributed by atoms with E-state index in [0.29, 0.717) is 18.0 Å². The van der Waals surface area contributed by atoms with Crippen LogP contribution in [-0.4, -0.2) is 22.4 Å². The Kier molecular flexibility index (Phi) is 3.84. The van der Waals surface area contributed by atoms with Crippen LogP contribution >= 0.6 is 0 Å². The smallest absolute Gasteiger partial charge is 0.253 e. The van der Waals surface area contributed by atoms with Gasteiger partial charge in [0, 0.05) is 31.1 Å². The van der Waals surface area contributed by atoms with Crippen molar-refractivity contribution in [3.8, 4) is 11.3 Å². The molecule has 0 spiro atoms. The summed E-state index contributed by atoms with van der Waals surface area (Å²) in [6.07, 6.45) is 3.21. The standard InChI is InChI=1S/C20H19N3O2/c1-12-16(10-17-18(22-12)7-8-21-20(17)24)9-14-3-5-15(6-4-14)19-11-25-13(2)23-19/h3-6,10-11H,7-9H2,1-2H3,(H,21,24). The Morgan fingerprint density at radius 2 is 1.96 bits per heavy atom. The maximum absolute atomic E-state index is 12.0. The third kappa shape index (κ3) is 3.05. The van der Waals surface area contributed by atoms with Crippen molar-refractivity contribution in [1.29, 1.82) is 0 Å². The summed E-state index contributed by atoms with van der Waals surface area (Å²) in [5, 5.41) is 2.88. The zero-order valence-electron chi connectivity index (χ0n) is 14.3. The van der Waals surface area contributed by atoms with Gasteiger partial charge in [0.15, 0.2) is 5.89 Å². The molecule has 0 bridgehead atoms. The highest BCUT2D eigenvalue weighted by Crippen LogP contribution is 2.22. The van der Waals surface area contributed by atoms with E-state index in [1.165, 1.54) is 5.56 Å². The molecule has 0 saturated carbocycles. The molecule has 25 heavy (non-hydrogen) atoms. The van der Waals surface area contributed by atoms with Gasteiger partial charge in [-0.1, -0.05) is 24.3 Å². The van der Waals surface area contributed by atoms with Gasteiger partial charge < -0.3 is 9.73 Å². The number of benzene rings is 1. The zero-order valence-corrected chi connectivity index (χ0v) is 14.3. The van der Waals surface area contributed by atoms with Crippen molar-refractivity contribution < 1.29 is 9.21 Å². The number of hydrogen-bond acceptors (Lipinski definition) is 4. The van der Waals surface area contributed by atoms with Crippen molar-refractivity contribution in [2.45, 2.75) is 26.7 Å². The predicted octanol–water partition coefficient (Wildman–Crippen LogP) is 3.23. The molecule has 1 aliphatic rings. The molecule has 5 nitrogen and oxygen atoms in total. The van der Waals surface area contributed by atoms with Crippen LogP contribution in [0.4, 0.5) is 0 Å². The molecule has 126 valence electrons. The summed E-state index contributed by atoms with van der Waals surface area (Å²) in [4.78, 5) is 21.0. The van der Waals surface area contributed by atoms with Crippen molar-refractivity contribution in [2.24, 2.45) is 0 Å². The second-order valence-corrected chi connectivity index (χ2v) is 6.36. The van der Waals surface area contributed by atoms with E-state index < -0.39 is 0 Å². The first kappa shape index (κ1) is 15.6. The summed E-state index contributed by atoms with van der Waals surface area (Å²) < 4.78 is 5.27. The van der Waals surface area contributed by atoms with Crippen molar-refractivity contribution in [3.05, 3.63) is 70.6 Å². The SMILES string of the molecule is Cc1nc(-c2ccc(Cc3cc4c(nc3C)CCNC4=O)cc2)co1. The van der Waals surface area contributed by atoms with Crippen LogP contribution < -0.4 is 5.32 Å². The van der Waals surface area contributed by atoms with E-state index in [2.05, 4.69) is 27.4 Å². The largest absolute Gasteiger partial charge is 0.449 e. The van der Waals surface area contributed by atoms with Crippen molar-refractivity contribution in [3.63, 3.8) is 0 Å². The van der Waals surface area contributed by atoms with Gasteiger partial charge in [-0.2, -0.15) is 0 Å². The van der Waals surface area contributed by atoms with Gasteiger partial charge in [-0.05, 0) is 30.5 Å². The van der Waals surface area contributed by atoms with Crippen LogP contribution in [-0.2, 0) is 12.8 Å². The number of amides is 1. The summed E-state index contributed by atoms with van der Waals surface area (Å²) in [6, 6.07) is 10.2. The molecule has 5 heteroatoms. The second-order valence-electron chi connectivity index (χ2n) is 6.36. The Hall–Kier alpha value is -2.95. The van der Waals surface area contributed by atoms with Gasteiger partial charge >= 0.3 is 0 Å². The number of fused-ring (bicyclic) bond motifs is 1. The topological polar surface area (TPSA) is 68.0 Å². The Balaban J connectivity index is 1.60. The third-order valence-electron chi connectivity index (χ3n) is 4.55. The molecule has 4 rings (SSSR count). The van der Waals surface area contributed by atoms with Gasteiger partial charge in [0.25, 0.3) is 5.91 Å². The summed E-state index contributed by atoms with van der Waals surface area (Å²) in [6.45, 7) is 4.51. The molecule has 3 heterocycles. The Morgan fingerprint density at radius 3 is 2.68 bits per heavy atom. The minimum atomic E-state index is -0.0215. The average molecular weight is 333 g/mol. The van der Waals surface area contributed by atoms with Crippen LogP contribution in [0, 0.1) is 13.8 Å². The van der Waals surface area contributed by atoms with Crippen molar-refractivity contribution in [2.75, 3.05) is 6.54 Å². The van der Waals surface area contributed by atoms with Gasteiger partial charge in [0.05, 0.1) is 11.3 Å². The van der Waals surface area contributed by atoms with Gasteiger partial charge in [-0.3, -0.25) is 9.78 Å². The number of aromatic nitrogens is 2. The molecule has 0 saturated heterocycles. The number of carbonyl (C=O) groups excluding carboxylic acids is 1. The first-order chi connectivity index (χ1) is 12.1. The number of carbonyl (C=O) groups is 1. The van der Waals surface area contributed by atoms with Crippen LogP contribution in [0.1, 0.15) is 38.8 Å². The molecular formula is C20H19N3O2. The molecule has 0 atom stereocenters. The second kappa shape index (κ2) is 6.16. The molecule has 0 fully saturated rings. The normalized spacial score (nSPS) is 13.4. The fraction of sp³-hybridized carbons (Fsp3) is 0.250. The number of rotatable bonds is 3. The summed E-state index contributed by atoms with van der Waals surface area (Å²) in [7, 11) is 0. The van der Waals surface area contributed by atoms with Gasteiger partial charge in [0.1, 0.15) is 12.0 Å². The molecule has 1 amide bonds. The number of hydrogen-bond donors (Lipinski definition) is 1. The molecule has 1 aliphatic heterocycles. The maximum atomic E-state index is 12.0. The van der Waals surface area contributed by atoms with Gasteiger partial charge in [-0.15, -0.1) is 0 Å². The lowest BCUT2D eigenvalue weighted by Gasteiger charge is -2.18. The molecule has 0 unspecified atom stereocenters. The highest BCUT2D eigenvalue weighted by molar-refractivity contribution is 5.96. The molecule has 1 N–H and O–H groups in total. The summed E-state index contributed by atoms with van der Waals surface area (Å²) >= 11 is 0. The molecule has 2 aromatic heterocycles. The maximum Gasteiger partial charge on any atom is 0.253 e. The molecule has 3 aromatic rings. The zero-order chi connectivity index (χ0) is 17.4. The number of nitrogens with one attached hydrogen (secondary N) is 1. The van der Waals surface area contributed by atoms with Crippen LogP contribution in [0.5, 0.6) is 0 Å². The van der Waals surface area contributed by atoms with Crippen LogP contribution in [0.3, 0.4) is 0 Å². The highest BCUT2D eigenvalue weighted by atomic mass is 16.3. The van der Waals surface area contributed by atoms with Crippen LogP contribution in [0.2, 0.25) is 0 Å². The molecule has 1 aromatic carbocycles. The Bertz CT molecular complexity index is 942. The van der Waals surface area contributed by atoms with E-state index in [1.54, 1.807) is 6.26 Å². The average Bonchev–Trinajstić information content (AvgIpc) is 3.03. The minimum Gasteiger partial charge on any atom is -0.449 e. The van der Waals surface area contributed by atoms with E-state index in [4.69, 9.17) is 4.42 Å². The first-order valence-electron chi connectivity index (χ1n) is 8.39. The summed E-state index contributed by atoms with van der Waals surface area (Å²) in [5.74, 6) is 0.639. The third-order valence-corrected chi connectivity index (χ3v) is 4.55. The molecule has 0 radical (unpaired) electrons. The quantitative estimate of drug-likeness (QED) is 0.799. The predicted molar refractivity (Wildman–Crippen MR) is 94.5 cm³/mol. The monoisotopic (exact) mass is 333 g/mol. The van der Waals surface area contributed by atoms with Crippen LogP contribution in [0.25, 0.3) is 11.3 Å². The van der Waals surface area contributed by atoms with Crippen LogP contribution in [0.15, 0.2) is 41.0 Å². The van der Waals surface area contributed by atoms with E-state index >= 15 is 0 Å². The number of oxazole rings is 1. The lowest BCUT2D eigenvalue weighted by Crippen LogP contribution is -2.32. The van der Waals surface area contributed by atoms with Crippen molar-refractivity contribution >= 4 is 5.91 Å². The van der Waals surface area contributed by atoms with E-state index in [0.717, 1.165) is 41.1 Å². The van der Waals surface area contributed by atoms with E-state index in [1.807, 2.05) is 32.0 Å². The van der Waals surface area contributed by atoms with Gasteiger partial charge in [-0.25, -0.2) is 4.98 Å². The minimum absolute atomic E-state index is 0.0215. The Labute approximate surface area is 146 Å². The first-order valence-corrected chi connectivity index (χ1v) is 8.39. The fourth-order valence-electron chi connectivity index (χ4n) is 3.16. The summed E-state index contributed by atoms with van der Waals surface area (Å²) in [5.41, 5.74) is 6.73. The lowest BCUT2D eigenvalue weighted by atomic mass is 9.97. The number of nitrogens with zero attached hydrogens (tertiary/aromatic N) is 2. The van der Waals surface area contributed by atoms with E-state index in [9.17, 15) is 4.79 Å². The molecular weight excluding hydrogens is 314 g/mol. The highest BCUT2D eigenvalue weighted by Gasteiger charge is 2.19.